The Hall–Kier alpha value is -1.33. The van der Waals surface area contributed by atoms with Gasteiger partial charge in [0.1, 0.15) is 4.34 Å². The summed E-state index contributed by atoms with van der Waals surface area (Å²) in [6.45, 7) is 0. The summed E-state index contributed by atoms with van der Waals surface area (Å²) in [5.74, 6) is 0.210. The van der Waals surface area contributed by atoms with Gasteiger partial charge in [-0.25, -0.2) is 4.98 Å². The molecule has 0 aliphatic heterocycles. The number of nitrogens with zero attached hydrogens (tertiary/aromatic N) is 1. The first kappa shape index (κ1) is 15.1. The second kappa shape index (κ2) is 8.07. The molecule has 2 rings (SSSR count). The smallest absolute Gasteiger partial charge is 0.309 e. The SMILES string of the molecule is O=C(O)Cc1csc(SCCCCc2ccccc2)n1. The second-order valence-corrected chi connectivity index (χ2v) is 6.67. The van der Waals surface area contributed by atoms with Crippen LogP contribution >= 0.6 is 23.1 Å². The number of unbranched alkanes of at least 4 members (excludes halogenated alkanes) is 1. The third-order valence-corrected chi connectivity index (χ3v) is 4.95. The molecule has 0 unspecified atom stereocenters. The van der Waals surface area contributed by atoms with Crippen LogP contribution in [0.2, 0.25) is 0 Å². The van der Waals surface area contributed by atoms with Crippen LogP contribution in [0.25, 0.3) is 0 Å². The number of thioether (sulfide) groups is 1. The number of rotatable bonds is 8. The molecular formula is C15H17NO2S2. The van der Waals surface area contributed by atoms with Crippen molar-refractivity contribution in [3.63, 3.8) is 0 Å². The molecule has 0 spiro atoms. The highest BCUT2D eigenvalue weighted by Crippen LogP contribution is 2.24. The van der Waals surface area contributed by atoms with E-state index in [1.165, 1.54) is 23.3 Å². The van der Waals surface area contributed by atoms with Crippen LogP contribution in [0, 0.1) is 0 Å². The van der Waals surface area contributed by atoms with Crippen LogP contribution in [-0.4, -0.2) is 21.8 Å². The van der Waals surface area contributed by atoms with Gasteiger partial charge in [0.2, 0.25) is 0 Å². The molecule has 0 amide bonds. The molecule has 0 fully saturated rings. The zero-order valence-electron chi connectivity index (χ0n) is 11.1. The van der Waals surface area contributed by atoms with Crippen molar-refractivity contribution in [1.82, 2.24) is 4.98 Å². The standard InChI is InChI=1S/C15H17NO2S2/c17-14(18)10-13-11-20-15(16-13)19-9-5-4-8-12-6-2-1-3-7-12/h1-3,6-7,11H,4-5,8-10H2,(H,17,18). The first-order valence-corrected chi connectivity index (χ1v) is 8.43. The van der Waals surface area contributed by atoms with Crippen molar-refractivity contribution in [2.45, 2.75) is 30.0 Å². The van der Waals surface area contributed by atoms with Crippen LogP contribution in [0.4, 0.5) is 0 Å². The Balaban J connectivity index is 1.63. The van der Waals surface area contributed by atoms with E-state index in [1.54, 1.807) is 11.8 Å². The number of thiazole rings is 1. The highest BCUT2D eigenvalue weighted by atomic mass is 32.2. The van der Waals surface area contributed by atoms with Crippen molar-refractivity contribution >= 4 is 29.1 Å². The topological polar surface area (TPSA) is 50.2 Å². The van der Waals surface area contributed by atoms with Gasteiger partial charge in [0, 0.05) is 11.1 Å². The van der Waals surface area contributed by atoms with Gasteiger partial charge in [0.15, 0.2) is 0 Å². The molecule has 1 N–H and O–H groups in total. The zero-order chi connectivity index (χ0) is 14.2. The fraction of sp³-hybridized carbons (Fsp3) is 0.333. The van der Waals surface area contributed by atoms with Gasteiger partial charge >= 0.3 is 5.97 Å². The van der Waals surface area contributed by atoms with Gasteiger partial charge in [-0.15, -0.1) is 11.3 Å². The maximum atomic E-state index is 10.6. The lowest BCUT2D eigenvalue weighted by Gasteiger charge is -2.00. The number of hydrogen-bond acceptors (Lipinski definition) is 4. The summed E-state index contributed by atoms with van der Waals surface area (Å²) >= 11 is 3.25. The summed E-state index contributed by atoms with van der Waals surface area (Å²) in [5.41, 5.74) is 2.05. The van der Waals surface area contributed by atoms with Gasteiger partial charge in [-0.3, -0.25) is 4.79 Å². The molecule has 0 saturated heterocycles. The number of carbonyl (C=O) groups is 1. The summed E-state index contributed by atoms with van der Waals surface area (Å²) in [7, 11) is 0. The monoisotopic (exact) mass is 307 g/mol. The van der Waals surface area contributed by atoms with Crippen molar-refractivity contribution in [3.05, 3.63) is 47.0 Å². The molecule has 0 bridgehead atoms. The third kappa shape index (κ3) is 5.35. The van der Waals surface area contributed by atoms with Crippen molar-refractivity contribution in [2.75, 3.05) is 5.75 Å². The molecule has 2 aromatic rings. The van der Waals surface area contributed by atoms with Crippen LogP contribution < -0.4 is 0 Å². The summed E-state index contributed by atoms with van der Waals surface area (Å²) in [5, 5.41) is 10.5. The molecule has 0 aliphatic carbocycles. The van der Waals surface area contributed by atoms with Crippen LogP contribution in [0.3, 0.4) is 0 Å². The van der Waals surface area contributed by atoms with Crippen molar-refractivity contribution in [1.29, 1.82) is 0 Å². The van der Waals surface area contributed by atoms with E-state index in [0.29, 0.717) is 5.69 Å². The van der Waals surface area contributed by atoms with Gasteiger partial charge < -0.3 is 5.11 Å². The van der Waals surface area contributed by atoms with E-state index in [9.17, 15) is 4.79 Å². The maximum Gasteiger partial charge on any atom is 0.309 e. The Morgan fingerprint density at radius 2 is 2.05 bits per heavy atom. The van der Waals surface area contributed by atoms with Crippen molar-refractivity contribution < 1.29 is 9.90 Å². The fourth-order valence-corrected chi connectivity index (χ4v) is 3.74. The zero-order valence-corrected chi connectivity index (χ0v) is 12.8. The van der Waals surface area contributed by atoms with Gasteiger partial charge in [0.25, 0.3) is 0 Å². The average Bonchev–Trinajstić information content (AvgIpc) is 2.86. The summed E-state index contributed by atoms with van der Waals surface area (Å²) in [4.78, 5) is 14.9. The highest BCUT2D eigenvalue weighted by molar-refractivity contribution is 8.00. The lowest BCUT2D eigenvalue weighted by molar-refractivity contribution is -0.136. The Morgan fingerprint density at radius 1 is 1.25 bits per heavy atom. The minimum atomic E-state index is -0.824. The Kier molecular flexibility index (Phi) is 6.08. The lowest BCUT2D eigenvalue weighted by Crippen LogP contribution is -1.99. The largest absolute Gasteiger partial charge is 0.481 e. The number of aryl methyl sites for hydroxylation is 1. The van der Waals surface area contributed by atoms with E-state index in [0.717, 1.165) is 22.9 Å². The molecule has 20 heavy (non-hydrogen) atoms. The first-order chi connectivity index (χ1) is 9.74. The van der Waals surface area contributed by atoms with E-state index in [1.807, 2.05) is 11.4 Å². The molecule has 0 aliphatic rings. The number of benzene rings is 1. The van der Waals surface area contributed by atoms with Gasteiger partial charge in [-0.1, -0.05) is 42.1 Å². The van der Waals surface area contributed by atoms with Crippen LogP contribution in [0.1, 0.15) is 24.1 Å². The fourth-order valence-electron chi connectivity index (χ4n) is 1.83. The molecule has 106 valence electrons. The number of carboxylic acids is 1. The van der Waals surface area contributed by atoms with Crippen LogP contribution in [0.15, 0.2) is 40.1 Å². The molecule has 1 heterocycles. The number of hydrogen-bond donors (Lipinski definition) is 1. The Labute approximate surface area is 127 Å². The molecule has 5 heteroatoms. The van der Waals surface area contributed by atoms with Gasteiger partial charge in [0.05, 0.1) is 12.1 Å². The number of aromatic nitrogens is 1. The Morgan fingerprint density at radius 3 is 2.80 bits per heavy atom. The normalized spacial score (nSPS) is 10.6. The second-order valence-electron chi connectivity index (χ2n) is 4.47. The average molecular weight is 307 g/mol. The minimum absolute atomic E-state index is 0.0189. The quantitative estimate of drug-likeness (QED) is 0.594. The third-order valence-electron chi connectivity index (χ3n) is 2.79. The first-order valence-electron chi connectivity index (χ1n) is 6.57. The van der Waals surface area contributed by atoms with E-state index >= 15 is 0 Å². The molecule has 3 nitrogen and oxygen atoms in total. The van der Waals surface area contributed by atoms with Crippen molar-refractivity contribution in [3.8, 4) is 0 Å². The summed E-state index contributed by atoms with van der Waals surface area (Å²) in [6.07, 6.45) is 3.45. The van der Waals surface area contributed by atoms with E-state index < -0.39 is 5.97 Å². The minimum Gasteiger partial charge on any atom is -0.481 e. The van der Waals surface area contributed by atoms with Crippen LogP contribution in [0.5, 0.6) is 0 Å². The predicted octanol–water partition coefficient (Wildman–Crippen LogP) is 3.89. The maximum absolute atomic E-state index is 10.6. The predicted molar refractivity (Wildman–Crippen MR) is 83.6 cm³/mol. The van der Waals surface area contributed by atoms with E-state index in [2.05, 4.69) is 29.2 Å². The van der Waals surface area contributed by atoms with E-state index in [-0.39, 0.29) is 6.42 Å². The molecule has 1 aromatic heterocycles. The Bertz CT molecular complexity index is 540. The molecule has 0 saturated carbocycles. The summed E-state index contributed by atoms with van der Waals surface area (Å²) in [6, 6.07) is 10.5. The number of aliphatic carboxylic acids is 1. The lowest BCUT2D eigenvalue weighted by atomic mass is 10.1. The highest BCUT2D eigenvalue weighted by Gasteiger charge is 2.06. The molecule has 0 radical (unpaired) electrons. The molecule has 0 atom stereocenters. The number of carboxylic acid groups (broad SMARTS) is 1. The molecule has 1 aromatic carbocycles. The van der Waals surface area contributed by atoms with Crippen molar-refractivity contribution in [2.24, 2.45) is 0 Å². The van der Waals surface area contributed by atoms with Gasteiger partial charge in [-0.05, 0) is 24.8 Å². The van der Waals surface area contributed by atoms with Crippen LogP contribution in [-0.2, 0) is 17.6 Å². The van der Waals surface area contributed by atoms with Gasteiger partial charge in [-0.2, -0.15) is 0 Å². The summed E-state index contributed by atoms with van der Waals surface area (Å²) < 4.78 is 0.973. The van der Waals surface area contributed by atoms with E-state index in [4.69, 9.17) is 5.11 Å². The molecular weight excluding hydrogens is 290 g/mol.